The summed E-state index contributed by atoms with van der Waals surface area (Å²) in [5.74, 6) is -0.794. The smallest absolute Gasteiger partial charge is 0.162 e. The lowest BCUT2D eigenvalue weighted by molar-refractivity contribution is -0.129. The first-order valence-corrected chi connectivity index (χ1v) is 5.39. The van der Waals surface area contributed by atoms with Crippen LogP contribution >= 0.6 is 0 Å². The Balaban J connectivity index is 4.33. The van der Waals surface area contributed by atoms with Crippen molar-refractivity contribution in [3.63, 3.8) is 0 Å². The molecule has 0 unspecified atom stereocenters. The highest BCUT2D eigenvalue weighted by Gasteiger charge is 2.22. The van der Waals surface area contributed by atoms with Gasteiger partial charge in [0, 0.05) is 12.3 Å². The normalized spacial score (nSPS) is 15.4. The number of aliphatic hydroxyl groups is 2. The van der Waals surface area contributed by atoms with Crippen molar-refractivity contribution < 1.29 is 15.0 Å². The first-order valence-electron chi connectivity index (χ1n) is 5.39. The highest BCUT2D eigenvalue weighted by atomic mass is 16.3. The lowest BCUT2D eigenvalue weighted by Gasteiger charge is -2.15. The van der Waals surface area contributed by atoms with Crippen LogP contribution in [0.5, 0.6) is 0 Å². The van der Waals surface area contributed by atoms with Crippen LogP contribution in [0.2, 0.25) is 0 Å². The standard InChI is InChI=1S/C13H20O3/c1-3-5-7-8-11(10-14)13(16)12(15)9-6-4-2/h3-5,7-8,11,13-14,16H,2,6,9-10H2,1H3/b5-3+,8-7+/t11-,13+/m1/s1. The van der Waals surface area contributed by atoms with E-state index in [4.69, 9.17) is 5.11 Å². The van der Waals surface area contributed by atoms with Crippen molar-refractivity contribution in [1.82, 2.24) is 0 Å². The van der Waals surface area contributed by atoms with Crippen LogP contribution in [-0.2, 0) is 4.79 Å². The Bertz CT molecular complexity index is 266. The van der Waals surface area contributed by atoms with Crippen molar-refractivity contribution in [1.29, 1.82) is 0 Å². The Morgan fingerprint density at radius 1 is 1.44 bits per heavy atom. The third-order valence-corrected chi connectivity index (χ3v) is 2.20. The molecule has 0 bridgehead atoms. The van der Waals surface area contributed by atoms with E-state index in [1.165, 1.54) is 0 Å². The zero-order valence-corrected chi connectivity index (χ0v) is 9.67. The van der Waals surface area contributed by atoms with Crippen molar-refractivity contribution in [2.75, 3.05) is 6.61 Å². The second-order valence-corrected chi connectivity index (χ2v) is 3.50. The molecule has 0 aliphatic rings. The number of hydrogen-bond acceptors (Lipinski definition) is 3. The maximum Gasteiger partial charge on any atom is 0.162 e. The molecule has 3 heteroatoms. The monoisotopic (exact) mass is 224 g/mol. The van der Waals surface area contributed by atoms with Gasteiger partial charge >= 0.3 is 0 Å². The summed E-state index contributed by atoms with van der Waals surface area (Å²) in [4.78, 5) is 11.5. The number of Topliss-reactive ketones (excluding diaryl/α,β-unsaturated/α-hetero) is 1. The number of hydrogen-bond donors (Lipinski definition) is 2. The molecule has 0 amide bonds. The minimum Gasteiger partial charge on any atom is -0.396 e. The van der Waals surface area contributed by atoms with Gasteiger partial charge in [-0.05, 0) is 13.3 Å². The molecule has 0 aromatic heterocycles. The SMILES string of the molecule is C=CCCC(=O)[C@@H](O)[C@H](/C=C/C=C/C)CO. The molecule has 0 fully saturated rings. The van der Waals surface area contributed by atoms with E-state index >= 15 is 0 Å². The van der Waals surface area contributed by atoms with Gasteiger partial charge in [0.05, 0.1) is 6.61 Å². The summed E-state index contributed by atoms with van der Waals surface area (Å²) in [5, 5.41) is 18.7. The zero-order chi connectivity index (χ0) is 12.4. The lowest BCUT2D eigenvalue weighted by atomic mass is 9.96. The summed E-state index contributed by atoms with van der Waals surface area (Å²) >= 11 is 0. The molecule has 2 atom stereocenters. The summed E-state index contributed by atoms with van der Waals surface area (Å²) in [7, 11) is 0. The Kier molecular flexibility index (Phi) is 8.39. The van der Waals surface area contributed by atoms with Crippen LogP contribution in [0.1, 0.15) is 19.8 Å². The van der Waals surface area contributed by atoms with Crippen LogP contribution in [-0.4, -0.2) is 28.7 Å². The fraction of sp³-hybridized carbons (Fsp3) is 0.462. The highest BCUT2D eigenvalue weighted by Crippen LogP contribution is 2.09. The summed E-state index contributed by atoms with van der Waals surface area (Å²) in [6.45, 7) is 5.14. The Hall–Kier alpha value is -1.19. The molecule has 90 valence electrons. The third kappa shape index (κ3) is 5.63. The highest BCUT2D eigenvalue weighted by molar-refractivity contribution is 5.83. The fourth-order valence-corrected chi connectivity index (χ4v) is 1.21. The molecule has 0 aromatic rings. The van der Waals surface area contributed by atoms with Gasteiger partial charge in [-0.2, -0.15) is 0 Å². The summed E-state index contributed by atoms with van der Waals surface area (Å²) < 4.78 is 0. The first kappa shape index (κ1) is 14.8. The fourth-order valence-electron chi connectivity index (χ4n) is 1.21. The van der Waals surface area contributed by atoms with Gasteiger partial charge in [-0.15, -0.1) is 6.58 Å². The molecular weight excluding hydrogens is 204 g/mol. The van der Waals surface area contributed by atoms with Gasteiger partial charge in [-0.25, -0.2) is 0 Å². The molecule has 2 N–H and O–H groups in total. The lowest BCUT2D eigenvalue weighted by Crippen LogP contribution is -2.30. The molecule has 0 aliphatic heterocycles. The van der Waals surface area contributed by atoms with Gasteiger partial charge in [-0.3, -0.25) is 4.79 Å². The molecule has 0 spiro atoms. The Labute approximate surface area is 96.8 Å². The molecule has 0 rings (SSSR count). The molecule has 16 heavy (non-hydrogen) atoms. The molecule has 0 radical (unpaired) electrons. The van der Waals surface area contributed by atoms with Gasteiger partial charge < -0.3 is 10.2 Å². The van der Waals surface area contributed by atoms with Gasteiger partial charge in [0.1, 0.15) is 6.10 Å². The topological polar surface area (TPSA) is 57.5 Å². The summed E-state index contributed by atoms with van der Waals surface area (Å²) in [6, 6.07) is 0. The maximum atomic E-state index is 11.5. The van der Waals surface area contributed by atoms with E-state index in [1.54, 1.807) is 24.3 Å². The quantitative estimate of drug-likeness (QED) is 0.486. The number of aliphatic hydroxyl groups excluding tert-OH is 2. The van der Waals surface area contributed by atoms with Gasteiger partial charge in [0.2, 0.25) is 0 Å². The molecule has 3 nitrogen and oxygen atoms in total. The number of rotatable bonds is 8. The first-order chi connectivity index (χ1) is 7.67. The molecular formula is C13H20O3. The number of allylic oxidation sites excluding steroid dienone is 4. The molecule has 0 aromatic carbocycles. The van der Waals surface area contributed by atoms with Crippen molar-refractivity contribution in [3.8, 4) is 0 Å². The van der Waals surface area contributed by atoms with Crippen LogP contribution in [0.15, 0.2) is 37.0 Å². The minimum atomic E-state index is -1.13. The van der Waals surface area contributed by atoms with E-state index in [9.17, 15) is 9.90 Å². The van der Waals surface area contributed by atoms with E-state index in [1.807, 2.05) is 13.0 Å². The van der Waals surface area contributed by atoms with Crippen LogP contribution in [0.4, 0.5) is 0 Å². The maximum absolute atomic E-state index is 11.5. The number of carbonyl (C=O) groups is 1. The molecule has 0 saturated heterocycles. The van der Waals surface area contributed by atoms with Crippen LogP contribution in [0.3, 0.4) is 0 Å². The van der Waals surface area contributed by atoms with Crippen molar-refractivity contribution >= 4 is 5.78 Å². The average molecular weight is 224 g/mol. The largest absolute Gasteiger partial charge is 0.396 e. The van der Waals surface area contributed by atoms with Crippen LogP contribution in [0, 0.1) is 5.92 Å². The number of carbonyl (C=O) groups excluding carboxylic acids is 1. The van der Waals surface area contributed by atoms with Crippen molar-refractivity contribution in [3.05, 3.63) is 37.0 Å². The van der Waals surface area contributed by atoms with Crippen molar-refractivity contribution in [2.45, 2.75) is 25.9 Å². The predicted molar refractivity (Wildman–Crippen MR) is 65.0 cm³/mol. The van der Waals surface area contributed by atoms with E-state index in [-0.39, 0.29) is 18.8 Å². The Morgan fingerprint density at radius 2 is 2.12 bits per heavy atom. The van der Waals surface area contributed by atoms with Gasteiger partial charge in [0.25, 0.3) is 0 Å². The number of ketones is 1. The Morgan fingerprint density at radius 3 is 2.62 bits per heavy atom. The zero-order valence-electron chi connectivity index (χ0n) is 9.67. The van der Waals surface area contributed by atoms with Gasteiger partial charge in [0.15, 0.2) is 5.78 Å². The predicted octanol–water partition coefficient (Wildman–Crippen LogP) is 1.62. The van der Waals surface area contributed by atoms with Gasteiger partial charge in [-0.1, -0.05) is 30.4 Å². The van der Waals surface area contributed by atoms with E-state index < -0.39 is 12.0 Å². The minimum absolute atomic E-state index is 0.241. The van der Waals surface area contributed by atoms with E-state index in [0.29, 0.717) is 6.42 Å². The van der Waals surface area contributed by atoms with E-state index in [2.05, 4.69) is 6.58 Å². The second-order valence-electron chi connectivity index (χ2n) is 3.50. The van der Waals surface area contributed by atoms with Crippen LogP contribution in [0.25, 0.3) is 0 Å². The second kappa shape index (κ2) is 9.07. The molecule has 0 saturated carbocycles. The third-order valence-electron chi connectivity index (χ3n) is 2.20. The molecule has 0 aliphatic carbocycles. The summed E-state index contributed by atoms with van der Waals surface area (Å²) in [6.07, 6.45) is 8.27. The molecule has 0 heterocycles. The van der Waals surface area contributed by atoms with Crippen LogP contribution < -0.4 is 0 Å². The van der Waals surface area contributed by atoms with E-state index in [0.717, 1.165) is 0 Å². The van der Waals surface area contributed by atoms with Crippen molar-refractivity contribution in [2.24, 2.45) is 5.92 Å². The average Bonchev–Trinajstić information content (AvgIpc) is 2.31. The summed E-state index contributed by atoms with van der Waals surface area (Å²) in [5.41, 5.74) is 0.